The normalized spacial score (nSPS) is 16.8. The van der Waals surface area contributed by atoms with Crippen LogP contribution in [0.5, 0.6) is 5.75 Å². The zero-order chi connectivity index (χ0) is 19.9. The summed E-state index contributed by atoms with van der Waals surface area (Å²) in [7, 11) is 3.94. The second-order valence-electron chi connectivity index (χ2n) is 7.77. The Labute approximate surface area is 167 Å². The van der Waals surface area contributed by atoms with Crippen molar-refractivity contribution in [3.8, 4) is 5.75 Å². The Kier molecular flexibility index (Phi) is 7.09. The fourth-order valence-corrected chi connectivity index (χ4v) is 3.83. The van der Waals surface area contributed by atoms with Crippen LogP contribution in [0.1, 0.15) is 49.3 Å². The summed E-state index contributed by atoms with van der Waals surface area (Å²) in [6.45, 7) is 1.61. The lowest BCUT2D eigenvalue weighted by molar-refractivity contribution is -0.139. The lowest BCUT2D eigenvalue weighted by atomic mass is 9.97. The Bertz CT molecular complexity index is 743. The minimum atomic E-state index is -0.575. The van der Waals surface area contributed by atoms with E-state index in [1.165, 1.54) is 24.0 Å². The fourth-order valence-electron chi connectivity index (χ4n) is 3.83. The molecule has 1 heterocycles. The number of hydrogen-bond donors (Lipinski definition) is 2. The summed E-state index contributed by atoms with van der Waals surface area (Å²) >= 11 is 0. The molecular formula is C22H31N3O3. The molecule has 1 aromatic carbocycles. The number of likely N-dealkylation sites (N-methyl/N-ethyl adjacent to an activating group) is 1. The van der Waals surface area contributed by atoms with Crippen LogP contribution in [0.15, 0.2) is 29.8 Å². The largest absolute Gasteiger partial charge is 0.493 e. The number of ether oxygens (including phenoxy) is 1. The van der Waals surface area contributed by atoms with Crippen molar-refractivity contribution in [2.45, 2.75) is 44.6 Å². The second-order valence-corrected chi connectivity index (χ2v) is 7.77. The first kappa shape index (κ1) is 20.4. The summed E-state index contributed by atoms with van der Waals surface area (Å²) < 4.78 is 5.56. The van der Waals surface area contributed by atoms with Gasteiger partial charge in [0.1, 0.15) is 5.75 Å². The van der Waals surface area contributed by atoms with Crippen molar-refractivity contribution in [1.29, 1.82) is 0 Å². The molecule has 2 amide bonds. The molecule has 1 aliphatic carbocycles. The van der Waals surface area contributed by atoms with E-state index < -0.39 is 11.8 Å². The maximum Gasteiger partial charge on any atom is 0.309 e. The van der Waals surface area contributed by atoms with Crippen LogP contribution in [0, 0.1) is 0 Å². The third kappa shape index (κ3) is 5.35. The number of hydrogen-bond acceptors (Lipinski definition) is 4. The molecule has 3 rings (SSSR count). The maximum absolute atomic E-state index is 12.2. The van der Waals surface area contributed by atoms with Gasteiger partial charge in [-0.1, -0.05) is 23.8 Å². The summed E-state index contributed by atoms with van der Waals surface area (Å²) in [5.74, 6) is -0.192. The fraction of sp³-hybridized carbons (Fsp3) is 0.545. The molecule has 2 N–H and O–H groups in total. The van der Waals surface area contributed by atoms with Crippen LogP contribution in [0.4, 0.5) is 0 Å². The predicted octanol–water partition coefficient (Wildman–Crippen LogP) is 2.35. The molecule has 0 bridgehead atoms. The number of nitrogens with zero attached hydrogens (tertiary/aromatic N) is 1. The minimum absolute atomic E-state index is 0.00459. The number of rotatable bonds is 7. The van der Waals surface area contributed by atoms with Gasteiger partial charge < -0.3 is 20.3 Å². The molecule has 1 atom stereocenters. The summed E-state index contributed by atoms with van der Waals surface area (Å²) in [5, 5.41) is 5.51. The topological polar surface area (TPSA) is 70.7 Å². The van der Waals surface area contributed by atoms with Gasteiger partial charge in [0.2, 0.25) is 0 Å². The molecule has 0 aromatic heterocycles. The van der Waals surface area contributed by atoms with Gasteiger partial charge in [-0.15, -0.1) is 0 Å². The van der Waals surface area contributed by atoms with E-state index in [1.54, 1.807) is 0 Å². The molecule has 0 saturated carbocycles. The van der Waals surface area contributed by atoms with Crippen molar-refractivity contribution < 1.29 is 14.3 Å². The quantitative estimate of drug-likeness (QED) is 0.558. The van der Waals surface area contributed by atoms with Crippen molar-refractivity contribution in [3.63, 3.8) is 0 Å². The van der Waals surface area contributed by atoms with E-state index in [2.05, 4.69) is 22.8 Å². The smallest absolute Gasteiger partial charge is 0.309 e. The highest BCUT2D eigenvalue weighted by molar-refractivity contribution is 6.35. The van der Waals surface area contributed by atoms with Crippen LogP contribution in [-0.2, 0) is 16.0 Å². The lowest BCUT2D eigenvalue weighted by Gasteiger charge is -2.25. The molecule has 0 saturated heterocycles. The van der Waals surface area contributed by atoms with Gasteiger partial charge in [0.15, 0.2) is 0 Å². The van der Waals surface area contributed by atoms with Gasteiger partial charge in [-0.3, -0.25) is 9.59 Å². The summed E-state index contributed by atoms with van der Waals surface area (Å²) in [4.78, 5) is 26.3. The molecule has 28 heavy (non-hydrogen) atoms. The average Bonchev–Trinajstić information content (AvgIpc) is 3.16. The van der Waals surface area contributed by atoms with Gasteiger partial charge >= 0.3 is 11.8 Å². The van der Waals surface area contributed by atoms with Crippen LogP contribution in [-0.4, -0.2) is 50.5 Å². The zero-order valence-corrected chi connectivity index (χ0v) is 16.9. The molecule has 2 aliphatic rings. The average molecular weight is 386 g/mol. The monoisotopic (exact) mass is 385 g/mol. The number of fused-ring (bicyclic) bond motifs is 1. The highest BCUT2D eigenvalue weighted by Crippen LogP contribution is 2.29. The highest BCUT2D eigenvalue weighted by atomic mass is 16.5. The third-order valence-electron chi connectivity index (χ3n) is 5.50. The van der Waals surface area contributed by atoms with Crippen molar-refractivity contribution in [3.05, 3.63) is 41.0 Å². The summed E-state index contributed by atoms with van der Waals surface area (Å²) in [6, 6.07) is 6.15. The Morgan fingerprint density at radius 2 is 1.96 bits per heavy atom. The number of amides is 2. The van der Waals surface area contributed by atoms with Crippen molar-refractivity contribution in [1.82, 2.24) is 15.5 Å². The van der Waals surface area contributed by atoms with Crippen LogP contribution in [0.25, 0.3) is 0 Å². The van der Waals surface area contributed by atoms with Crippen LogP contribution in [0.2, 0.25) is 0 Å². The maximum atomic E-state index is 12.2. The zero-order valence-electron chi connectivity index (χ0n) is 16.9. The Morgan fingerprint density at radius 1 is 1.14 bits per heavy atom. The van der Waals surface area contributed by atoms with Gasteiger partial charge in [0.05, 0.1) is 12.6 Å². The lowest BCUT2D eigenvalue weighted by Crippen LogP contribution is -2.43. The van der Waals surface area contributed by atoms with Gasteiger partial charge in [0.25, 0.3) is 0 Å². The molecule has 152 valence electrons. The molecular weight excluding hydrogens is 354 g/mol. The van der Waals surface area contributed by atoms with Crippen molar-refractivity contribution >= 4 is 11.8 Å². The molecule has 6 nitrogen and oxygen atoms in total. The molecule has 0 fully saturated rings. The van der Waals surface area contributed by atoms with E-state index in [9.17, 15) is 9.59 Å². The summed E-state index contributed by atoms with van der Waals surface area (Å²) in [6.07, 6.45) is 8.72. The minimum Gasteiger partial charge on any atom is -0.493 e. The summed E-state index contributed by atoms with van der Waals surface area (Å²) in [5.41, 5.74) is 3.70. The van der Waals surface area contributed by atoms with E-state index in [-0.39, 0.29) is 6.04 Å². The van der Waals surface area contributed by atoms with Crippen LogP contribution >= 0.6 is 0 Å². The van der Waals surface area contributed by atoms with Crippen molar-refractivity contribution in [2.75, 3.05) is 33.8 Å². The van der Waals surface area contributed by atoms with E-state index in [4.69, 9.17) is 4.74 Å². The number of carbonyl (C=O) groups is 2. The first-order valence-electron chi connectivity index (χ1n) is 10.2. The van der Waals surface area contributed by atoms with Gasteiger partial charge in [0, 0.05) is 19.5 Å². The second kappa shape index (κ2) is 9.73. The molecule has 0 radical (unpaired) electrons. The van der Waals surface area contributed by atoms with Gasteiger partial charge in [-0.2, -0.15) is 0 Å². The first-order valence-corrected chi connectivity index (χ1v) is 10.2. The third-order valence-corrected chi connectivity index (χ3v) is 5.50. The first-order chi connectivity index (χ1) is 13.5. The SMILES string of the molecule is CN(C)[C@H](CNC(=O)C(=O)NCCC1=CCCCC1)c1ccc2c(c1)CCO2. The number of nitrogens with one attached hydrogen (secondary N) is 2. The Morgan fingerprint density at radius 3 is 2.71 bits per heavy atom. The predicted molar refractivity (Wildman–Crippen MR) is 109 cm³/mol. The number of benzene rings is 1. The van der Waals surface area contributed by atoms with Crippen molar-refractivity contribution in [2.24, 2.45) is 0 Å². The number of allylic oxidation sites excluding steroid dienone is 1. The Balaban J connectivity index is 1.48. The van der Waals surface area contributed by atoms with E-state index in [0.29, 0.717) is 13.1 Å². The molecule has 0 spiro atoms. The standard InChI is InChI=1S/C22H31N3O3/c1-25(2)19(17-8-9-20-18(14-17)11-13-28-20)15-24-22(27)21(26)23-12-10-16-6-4-3-5-7-16/h6,8-9,14,19H,3-5,7,10-13,15H2,1-2H3,(H,23,26)(H,24,27)/t19-/m1/s1. The molecule has 1 aliphatic heterocycles. The van der Waals surface area contributed by atoms with Crippen LogP contribution < -0.4 is 15.4 Å². The Hall–Kier alpha value is -2.34. The molecule has 1 aromatic rings. The number of carbonyl (C=O) groups excluding carboxylic acids is 2. The van der Waals surface area contributed by atoms with E-state index in [0.717, 1.165) is 43.6 Å². The highest BCUT2D eigenvalue weighted by Gasteiger charge is 2.21. The van der Waals surface area contributed by atoms with Crippen LogP contribution in [0.3, 0.4) is 0 Å². The van der Waals surface area contributed by atoms with E-state index in [1.807, 2.05) is 31.1 Å². The van der Waals surface area contributed by atoms with Gasteiger partial charge in [-0.05, 0) is 63.4 Å². The molecule has 6 heteroatoms. The molecule has 0 unspecified atom stereocenters. The van der Waals surface area contributed by atoms with E-state index >= 15 is 0 Å². The van der Waals surface area contributed by atoms with Gasteiger partial charge in [-0.25, -0.2) is 0 Å².